The van der Waals surface area contributed by atoms with E-state index in [9.17, 15) is 4.79 Å². The number of aryl methyl sites for hydroxylation is 3. The lowest BCUT2D eigenvalue weighted by atomic mass is 10.0. The lowest BCUT2D eigenvalue weighted by molar-refractivity contribution is 0.0724. The molecule has 0 bridgehead atoms. The van der Waals surface area contributed by atoms with Crippen LogP contribution in [0, 0.1) is 13.8 Å². The van der Waals surface area contributed by atoms with Crippen molar-refractivity contribution < 1.29 is 4.79 Å². The maximum absolute atomic E-state index is 13.3. The van der Waals surface area contributed by atoms with Crippen molar-refractivity contribution in [2.75, 3.05) is 6.54 Å². The zero-order chi connectivity index (χ0) is 19.1. The number of nitrogens with zero attached hydrogens (tertiary/aromatic N) is 5. The molecule has 1 atom stereocenters. The highest BCUT2D eigenvalue weighted by molar-refractivity contribution is 5.94. The normalized spacial score (nSPS) is 16.9. The molecule has 0 spiro atoms. The first-order chi connectivity index (χ1) is 13.0. The molecule has 2 aromatic heterocycles. The van der Waals surface area contributed by atoms with Gasteiger partial charge in [0.1, 0.15) is 5.69 Å². The number of amides is 1. The van der Waals surface area contributed by atoms with E-state index in [1.54, 1.807) is 4.68 Å². The van der Waals surface area contributed by atoms with E-state index in [1.807, 2.05) is 61.8 Å². The molecule has 0 unspecified atom stereocenters. The molecule has 0 radical (unpaired) electrons. The molecule has 4 rings (SSSR count). The Balaban J connectivity index is 1.68. The van der Waals surface area contributed by atoms with Crippen molar-refractivity contribution in [2.45, 2.75) is 32.7 Å². The minimum absolute atomic E-state index is 0.0433. The molecule has 140 valence electrons. The molecular weight excluding hydrogens is 338 g/mol. The summed E-state index contributed by atoms with van der Waals surface area (Å²) in [5.74, 6) is 0.0433. The molecule has 0 aliphatic carbocycles. The molecule has 1 aliphatic heterocycles. The number of rotatable bonds is 3. The van der Waals surface area contributed by atoms with E-state index in [2.05, 4.69) is 22.3 Å². The molecule has 3 heterocycles. The van der Waals surface area contributed by atoms with Gasteiger partial charge in [-0.3, -0.25) is 14.2 Å². The largest absolute Gasteiger partial charge is 0.330 e. The molecule has 1 saturated heterocycles. The fraction of sp³-hybridized carbons (Fsp3) is 0.381. The first-order valence-electron chi connectivity index (χ1n) is 9.38. The van der Waals surface area contributed by atoms with Crippen molar-refractivity contribution in [1.82, 2.24) is 24.5 Å². The van der Waals surface area contributed by atoms with Crippen LogP contribution in [0.1, 0.15) is 46.3 Å². The first-order valence-corrected chi connectivity index (χ1v) is 9.38. The second kappa shape index (κ2) is 6.68. The molecule has 1 fully saturated rings. The first kappa shape index (κ1) is 17.5. The maximum Gasteiger partial charge on any atom is 0.272 e. The monoisotopic (exact) mass is 363 g/mol. The Hall–Kier alpha value is -2.89. The summed E-state index contributed by atoms with van der Waals surface area (Å²) in [5, 5.41) is 9.09. The van der Waals surface area contributed by atoms with E-state index in [0.717, 1.165) is 42.0 Å². The highest BCUT2D eigenvalue weighted by Crippen LogP contribution is 2.34. The number of hydrogen-bond donors (Lipinski definition) is 0. The average Bonchev–Trinajstić information content (AvgIpc) is 3.34. The van der Waals surface area contributed by atoms with Gasteiger partial charge in [0.2, 0.25) is 0 Å². The Bertz CT molecular complexity index is 986. The molecular formula is C21H25N5O. The van der Waals surface area contributed by atoms with Gasteiger partial charge in [-0.25, -0.2) is 0 Å². The van der Waals surface area contributed by atoms with E-state index in [0.29, 0.717) is 5.69 Å². The molecule has 6 nitrogen and oxygen atoms in total. The Morgan fingerprint density at radius 3 is 2.48 bits per heavy atom. The average molecular weight is 363 g/mol. The van der Waals surface area contributed by atoms with Gasteiger partial charge < -0.3 is 4.90 Å². The van der Waals surface area contributed by atoms with Crippen molar-refractivity contribution >= 4 is 5.91 Å². The second-order valence-corrected chi connectivity index (χ2v) is 7.28. The van der Waals surface area contributed by atoms with Crippen LogP contribution in [0.2, 0.25) is 0 Å². The summed E-state index contributed by atoms with van der Waals surface area (Å²) in [4.78, 5) is 15.3. The van der Waals surface area contributed by atoms with Crippen LogP contribution in [0.5, 0.6) is 0 Å². The van der Waals surface area contributed by atoms with Gasteiger partial charge in [0.05, 0.1) is 17.4 Å². The molecule has 1 aromatic carbocycles. The summed E-state index contributed by atoms with van der Waals surface area (Å²) in [5.41, 5.74) is 5.61. The minimum atomic E-state index is 0.0433. The summed E-state index contributed by atoms with van der Waals surface area (Å²) in [6.07, 6.45) is 2.03. The second-order valence-electron chi connectivity index (χ2n) is 7.28. The van der Waals surface area contributed by atoms with Gasteiger partial charge >= 0.3 is 0 Å². The highest BCUT2D eigenvalue weighted by Gasteiger charge is 2.32. The maximum atomic E-state index is 13.3. The number of benzene rings is 1. The quantitative estimate of drug-likeness (QED) is 0.716. The number of likely N-dealkylation sites (tertiary alicyclic amines) is 1. The van der Waals surface area contributed by atoms with Gasteiger partial charge in [0.25, 0.3) is 5.91 Å². The van der Waals surface area contributed by atoms with Gasteiger partial charge in [-0.1, -0.05) is 30.3 Å². The van der Waals surface area contributed by atoms with Gasteiger partial charge in [0, 0.05) is 31.9 Å². The van der Waals surface area contributed by atoms with Crippen LogP contribution in [0.25, 0.3) is 11.3 Å². The van der Waals surface area contributed by atoms with Crippen molar-refractivity contribution in [2.24, 2.45) is 14.1 Å². The molecule has 6 heteroatoms. The van der Waals surface area contributed by atoms with E-state index in [4.69, 9.17) is 0 Å². The van der Waals surface area contributed by atoms with Crippen LogP contribution >= 0.6 is 0 Å². The predicted octanol–water partition coefficient (Wildman–Crippen LogP) is 3.41. The SMILES string of the molecule is Cc1nn(C)c(C)c1-c1cc(C(=O)N2CCC[C@H]2c2ccccc2)n(C)n1. The van der Waals surface area contributed by atoms with Crippen LogP contribution in [0.4, 0.5) is 0 Å². The number of carbonyl (C=O) groups is 1. The molecule has 1 aliphatic rings. The van der Waals surface area contributed by atoms with E-state index >= 15 is 0 Å². The van der Waals surface area contributed by atoms with E-state index < -0.39 is 0 Å². The van der Waals surface area contributed by atoms with Gasteiger partial charge in [-0.15, -0.1) is 0 Å². The lowest BCUT2D eigenvalue weighted by Crippen LogP contribution is -2.31. The summed E-state index contributed by atoms with van der Waals surface area (Å²) < 4.78 is 3.55. The molecule has 0 N–H and O–H groups in total. The number of carbonyl (C=O) groups excluding carboxylic acids is 1. The van der Waals surface area contributed by atoms with Crippen LogP contribution in [-0.4, -0.2) is 36.9 Å². The van der Waals surface area contributed by atoms with Crippen LogP contribution < -0.4 is 0 Å². The third kappa shape index (κ3) is 2.95. The molecule has 27 heavy (non-hydrogen) atoms. The smallest absolute Gasteiger partial charge is 0.272 e. The fourth-order valence-electron chi connectivity index (χ4n) is 4.11. The van der Waals surface area contributed by atoms with Crippen LogP contribution in [-0.2, 0) is 14.1 Å². The van der Waals surface area contributed by atoms with Crippen molar-refractivity contribution in [3.05, 3.63) is 59.0 Å². The Morgan fingerprint density at radius 1 is 1.07 bits per heavy atom. The van der Waals surface area contributed by atoms with E-state index in [1.165, 1.54) is 5.56 Å². The molecule has 3 aromatic rings. The fourth-order valence-corrected chi connectivity index (χ4v) is 4.11. The predicted molar refractivity (Wildman–Crippen MR) is 104 cm³/mol. The van der Waals surface area contributed by atoms with Crippen molar-refractivity contribution in [3.63, 3.8) is 0 Å². The van der Waals surface area contributed by atoms with E-state index in [-0.39, 0.29) is 11.9 Å². The summed E-state index contributed by atoms with van der Waals surface area (Å²) in [6, 6.07) is 12.3. The van der Waals surface area contributed by atoms with Crippen LogP contribution in [0.15, 0.2) is 36.4 Å². The minimum Gasteiger partial charge on any atom is -0.330 e. The van der Waals surface area contributed by atoms with Crippen molar-refractivity contribution in [3.8, 4) is 11.3 Å². The Morgan fingerprint density at radius 2 is 1.81 bits per heavy atom. The summed E-state index contributed by atoms with van der Waals surface area (Å²) in [6.45, 7) is 4.78. The van der Waals surface area contributed by atoms with Crippen molar-refractivity contribution in [1.29, 1.82) is 0 Å². The van der Waals surface area contributed by atoms with Crippen LogP contribution in [0.3, 0.4) is 0 Å². The Kier molecular flexibility index (Phi) is 4.34. The standard InChI is InChI=1S/C21H25N5O/c1-14-20(15(2)24(3)22-14)17-13-19(25(4)23-17)21(27)26-12-8-11-18(26)16-9-6-5-7-10-16/h5-7,9-10,13,18H,8,11-12H2,1-4H3/t18-/m0/s1. The third-order valence-corrected chi connectivity index (χ3v) is 5.56. The zero-order valence-electron chi connectivity index (χ0n) is 16.3. The molecule has 1 amide bonds. The lowest BCUT2D eigenvalue weighted by Gasteiger charge is -2.25. The van der Waals surface area contributed by atoms with Gasteiger partial charge in [0.15, 0.2) is 0 Å². The summed E-state index contributed by atoms with van der Waals surface area (Å²) >= 11 is 0. The summed E-state index contributed by atoms with van der Waals surface area (Å²) in [7, 11) is 3.76. The van der Waals surface area contributed by atoms with Gasteiger partial charge in [-0.2, -0.15) is 10.2 Å². The topological polar surface area (TPSA) is 56.0 Å². The highest BCUT2D eigenvalue weighted by atomic mass is 16.2. The third-order valence-electron chi connectivity index (χ3n) is 5.56. The molecule has 0 saturated carbocycles. The Labute approximate surface area is 159 Å². The zero-order valence-corrected chi connectivity index (χ0v) is 16.3. The number of hydrogen-bond acceptors (Lipinski definition) is 3. The van der Waals surface area contributed by atoms with Gasteiger partial charge in [-0.05, 0) is 38.3 Å². The number of aromatic nitrogens is 4.